The molecule has 0 fully saturated rings. The van der Waals surface area contributed by atoms with E-state index in [2.05, 4.69) is 21.9 Å². The minimum Gasteiger partial charge on any atom is -0.354 e. The molecular formula is C10H12N4. The van der Waals surface area contributed by atoms with Crippen molar-refractivity contribution in [1.29, 1.82) is 5.26 Å². The largest absolute Gasteiger partial charge is 0.354 e. The number of hydrogen-bond acceptors (Lipinski definition) is 4. The molecule has 0 amide bonds. The van der Waals surface area contributed by atoms with E-state index in [1.54, 1.807) is 12.3 Å². The molecule has 0 radical (unpaired) electrons. The van der Waals surface area contributed by atoms with E-state index in [4.69, 9.17) is 5.26 Å². The number of rotatable bonds is 4. The number of nitrogens with zero attached hydrogens (tertiary/aromatic N) is 3. The third-order valence-electron chi connectivity index (χ3n) is 1.61. The second-order valence-corrected chi connectivity index (χ2v) is 3.01. The molecule has 0 saturated carbocycles. The summed E-state index contributed by atoms with van der Waals surface area (Å²) in [4.78, 5) is 7.96. The number of hydrogen-bond donors (Lipinski definition) is 1. The lowest BCUT2D eigenvalue weighted by Gasteiger charge is -2.03. The normalized spacial score (nSPS) is 9.14. The van der Waals surface area contributed by atoms with Crippen molar-refractivity contribution in [3.05, 3.63) is 30.1 Å². The Bertz CT molecular complexity index is 365. The summed E-state index contributed by atoms with van der Waals surface area (Å²) >= 11 is 0. The highest BCUT2D eigenvalue weighted by molar-refractivity contribution is 5.29. The van der Waals surface area contributed by atoms with Gasteiger partial charge >= 0.3 is 0 Å². The molecule has 14 heavy (non-hydrogen) atoms. The second kappa shape index (κ2) is 4.97. The topological polar surface area (TPSA) is 61.6 Å². The van der Waals surface area contributed by atoms with Gasteiger partial charge in [-0.05, 0) is 19.4 Å². The highest BCUT2D eigenvalue weighted by Gasteiger charge is 1.96. The number of aromatic nitrogens is 2. The molecule has 0 aromatic carbocycles. The Labute approximate surface area is 83.3 Å². The Morgan fingerprint density at radius 1 is 1.71 bits per heavy atom. The summed E-state index contributed by atoms with van der Waals surface area (Å²) in [7, 11) is 0. The van der Waals surface area contributed by atoms with Crippen molar-refractivity contribution >= 4 is 5.95 Å². The Morgan fingerprint density at radius 3 is 3.14 bits per heavy atom. The molecule has 4 heteroatoms. The van der Waals surface area contributed by atoms with Gasteiger partial charge in [-0.3, -0.25) is 0 Å². The zero-order valence-corrected chi connectivity index (χ0v) is 8.12. The molecule has 1 rings (SSSR count). The van der Waals surface area contributed by atoms with Crippen molar-refractivity contribution < 1.29 is 0 Å². The summed E-state index contributed by atoms with van der Waals surface area (Å²) in [6, 6.07) is 3.53. The molecular weight excluding hydrogens is 176 g/mol. The molecule has 0 spiro atoms. The quantitative estimate of drug-likeness (QED) is 0.731. The van der Waals surface area contributed by atoms with Crippen molar-refractivity contribution in [3.8, 4) is 6.07 Å². The molecule has 72 valence electrons. The molecule has 0 unspecified atom stereocenters. The zero-order chi connectivity index (χ0) is 10.4. The van der Waals surface area contributed by atoms with Crippen LogP contribution in [0.25, 0.3) is 0 Å². The molecule has 1 N–H and O–H groups in total. The second-order valence-electron chi connectivity index (χ2n) is 3.01. The minimum absolute atomic E-state index is 0.373. The van der Waals surface area contributed by atoms with Crippen LogP contribution in [0.2, 0.25) is 0 Å². The fourth-order valence-corrected chi connectivity index (χ4v) is 0.894. The third-order valence-corrected chi connectivity index (χ3v) is 1.61. The smallest absolute Gasteiger partial charge is 0.223 e. The molecule has 0 aliphatic rings. The molecule has 1 heterocycles. The molecule has 1 aromatic heterocycles. The summed E-state index contributed by atoms with van der Waals surface area (Å²) < 4.78 is 0. The van der Waals surface area contributed by atoms with Crippen molar-refractivity contribution in [3.63, 3.8) is 0 Å². The lowest BCUT2D eigenvalue weighted by atomic mass is 10.2. The Kier molecular flexibility index (Phi) is 3.62. The molecule has 0 bridgehead atoms. The van der Waals surface area contributed by atoms with Gasteiger partial charge in [0.05, 0.1) is 0 Å². The van der Waals surface area contributed by atoms with Crippen LogP contribution in [0.3, 0.4) is 0 Å². The fourth-order valence-electron chi connectivity index (χ4n) is 0.894. The van der Waals surface area contributed by atoms with Gasteiger partial charge in [0.1, 0.15) is 11.8 Å². The van der Waals surface area contributed by atoms with Gasteiger partial charge in [0.15, 0.2) is 0 Å². The van der Waals surface area contributed by atoms with Gasteiger partial charge in [0, 0.05) is 12.7 Å². The van der Waals surface area contributed by atoms with Crippen molar-refractivity contribution in [2.45, 2.75) is 13.3 Å². The van der Waals surface area contributed by atoms with Crippen molar-refractivity contribution in [1.82, 2.24) is 9.97 Å². The van der Waals surface area contributed by atoms with E-state index in [9.17, 15) is 0 Å². The van der Waals surface area contributed by atoms with Crippen LogP contribution in [0, 0.1) is 11.3 Å². The van der Waals surface area contributed by atoms with Gasteiger partial charge in [-0.2, -0.15) is 5.26 Å². The maximum absolute atomic E-state index is 8.59. The first-order valence-electron chi connectivity index (χ1n) is 4.34. The molecule has 0 saturated heterocycles. The number of anilines is 1. The van der Waals surface area contributed by atoms with Crippen LogP contribution >= 0.6 is 0 Å². The van der Waals surface area contributed by atoms with E-state index in [1.807, 2.05) is 13.0 Å². The summed E-state index contributed by atoms with van der Waals surface area (Å²) in [5, 5.41) is 11.6. The predicted molar refractivity (Wildman–Crippen MR) is 54.7 cm³/mol. The molecule has 0 atom stereocenters. The average Bonchev–Trinajstić information content (AvgIpc) is 2.18. The first-order valence-corrected chi connectivity index (χ1v) is 4.34. The van der Waals surface area contributed by atoms with Crippen LogP contribution in [0.4, 0.5) is 5.95 Å². The molecule has 1 aromatic rings. The standard InChI is InChI=1S/C10H12N4/c1-8(2)3-5-12-10-13-6-4-9(7-11)14-10/h4,6H,1,3,5H2,2H3,(H,12,13,14). The van der Waals surface area contributed by atoms with E-state index in [1.165, 1.54) is 0 Å². The van der Waals surface area contributed by atoms with Gasteiger partial charge < -0.3 is 5.32 Å². The molecule has 0 aliphatic heterocycles. The maximum atomic E-state index is 8.59. The highest BCUT2D eigenvalue weighted by Crippen LogP contribution is 2.01. The van der Waals surface area contributed by atoms with Crippen molar-refractivity contribution in [2.24, 2.45) is 0 Å². The number of nitriles is 1. The van der Waals surface area contributed by atoms with Crippen LogP contribution in [0.5, 0.6) is 0 Å². The predicted octanol–water partition coefficient (Wildman–Crippen LogP) is 1.73. The van der Waals surface area contributed by atoms with E-state index in [0.717, 1.165) is 18.5 Å². The summed E-state index contributed by atoms with van der Waals surface area (Å²) in [5.41, 5.74) is 1.48. The zero-order valence-electron chi connectivity index (χ0n) is 8.12. The summed E-state index contributed by atoms with van der Waals surface area (Å²) in [6.07, 6.45) is 2.44. The van der Waals surface area contributed by atoms with Gasteiger partial charge in [0.2, 0.25) is 5.95 Å². The third kappa shape index (κ3) is 3.23. The first-order chi connectivity index (χ1) is 6.72. The lowest BCUT2D eigenvalue weighted by molar-refractivity contribution is 0.969. The first kappa shape index (κ1) is 10.2. The van der Waals surface area contributed by atoms with Crippen LogP contribution in [-0.2, 0) is 0 Å². The Hall–Kier alpha value is -1.89. The Morgan fingerprint density at radius 2 is 2.50 bits per heavy atom. The summed E-state index contributed by atoms with van der Waals surface area (Å²) in [5.74, 6) is 0.491. The summed E-state index contributed by atoms with van der Waals surface area (Å²) in [6.45, 7) is 6.49. The highest BCUT2D eigenvalue weighted by atomic mass is 15.1. The Balaban J connectivity index is 2.51. The van der Waals surface area contributed by atoms with Crippen LogP contribution in [0.15, 0.2) is 24.4 Å². The maximum Gasteiger partial charge on any atom is 0.223 e. The van der Waals surface area contributed by atoms with E-state index >= 15 is 0 Å². The van der Waals surface area contributed by atoms with E-state index in [-0.39, 0.29) is 0 Å². The lowest BCUT2D eigenvalue weighted by Crippen LogP contribution is -2.05. The fraction of sp³-hybridized carbons (Fsp3) is 0.300. The van der Waals surface area contributed by atoms with Crippen molar-refractivity contribution in [2.75, 3.05) is 11.9 Å². The van der Waals surface area contributed by atoms with Gasteiger partial charge in [-0.15, -0.1) is 6.58 Å². The minimum atomic E-state index is 0.373. The SMILES string of the molecule is C=C(C)CCNc1nccc(C#N)n1. The van der Waals surface area contributed by atoms with Crippen LogP contribution in [0.1, 0.15) is 19.0 Å². The average molecular weight is 188 g/mol. The van der Waals surface area contributed by atoms with E-state index < -0.39 is 0 Å². The van der Waals surface area contributed by atoms with Gasteiger partial charge in [-0.25, -0.2) is 9.97 Å². The van der Waals surface area contributed by atoms with Crippen LogP contribution < -0.4 is 5.32 Å². The molecule has 0 aliphatic carbocycles. The molecule has 4 nitrogen and oxygen atoms in total. The van der Waals surface area contributed by atoms with Gasteiger partial charge in [0.25, 0.3) is 0 Å². The van der Waals surface area contributed by atoms with Gasteiger partial charge in [-0.1, -0.05) is 5.57 Å². The van der Waals surface area contributed by atoms with E-state index in [0.29, 0.717) is 11.6 Å². The number of nitrogens with one attached hydrogen (secondary N) is 1. The monoisotopic (exact) mass is 188 g/mol. The van der Waals surface area contributed by atoms with Crippen LogP contribution in [-0.4, -0.2) is 16.5 Å².